The van der Waals surface area contributed by atoms with Crippen LogP contribution < -0.4 is 10.6 Å². The summed E-state index contributed by atoms with van der Waals surface area (Å²) in [5, 5.41) is 16.2. The molecule has 0 radical (unpaired) electrons. The van der Waals surface area contributed by atoms with Crippen molar-refractivity contribution in [2.75, 3.05) is 5.32 Å². The first-order valence-corrected chi connectivity index (χ1v) is 10.5. The molecule has 3 N–H and O–H groups in total. The Kier molecular flexibility index (Phi) is 5.67. The Hall–Kier alpha value is -3.71. The van der Waals surface area contributed by atoms with Crippen molar-refractivity contribution in [1.29, 1.82) is 0 Å². The van der Waals surface area contributed by atoms with E-state index >= 15 is 0 Å². The fraction of sp³-hybridized carbons (Fsp3) is 0.160. The number of oxazole rings is 1. The Morgan fingerprint density at radius 2 is 1.75 bits per heavy atom. The molecular formula is C25H23N3O3S. The van der Waals surface area contributed by atoms with Gasteiger partial charge in [0.15, 0.2) is 10.7 Å². The molecule has 0 atom stereocenters. The van der Waals surface area contributed by atoms with E-state index in [1.54, 1.807) is 24.3 Å². The standard InChI is InChI=1S/C25H23N3O3S/c1-25(2,3)16-10-8-15(9-11-16)22(30)28-24(32)26-17-12-13-18(20(29)14-17)23-27-19-6-4-5-7-21(19)31-23/h4-14,29H,1-3H3,(H2,26,28,30,32). The molecule has 0 bridgehead atoms. The molecule has 0 saturated heterocycles. The van der Waals surface area contributed by atoms with Crippen molar-refractivity contribution in [2.45, 2.75) is 26.2 Å². The molecule has 1 aromatic heterocycles. The van der Waals surface area contributed by atoms with Gasteiger partial charge in [-0.2, -0.15) is 0 Å². The SMILES string of the molecule is CC(C)(C)c1ccc(C(=O)NC(=S)Nc2ccc(-c3nc4ccccc4o3)c(O)c2)cc1. The van der Waals surface area contributed by atoms with E-state index in [1.165, 1.54) is 6.07 Å². The lowest BCUT2D eigenvalue weighted by molar-refractivity contribution is 0.0977. The van der Waals surface area contributed by atoms with Crippen LogP contribution in [0.15, 0.2) is 71.1 Å². The Morgan fingerprint density at radius 1 is 1.03 bits per heavy atom. The minimum absolute atomic E-state index is 0.0118. The summed E-state index contributed by atoms with van der Waals surface area (Å²) >= 11 is 5.25. The predicted octanol–water partition coefficient (Wildman–Crippen LogP) is 5.62. The third kappa shape index (κ3) is 4.63. The highest BCUT2D eigenvalue weighted by molar-refractivity contribution is 7.80. The number of anilines is 1. The molecule has 0 unspecified atom stereocenters. The van der Waals surface area contributed by atoms with Crippen LogP contribution >= 0.6 is 12.2 Å². The highest BCUT2D eigenvalue weighted by atomic mass is 32.1. The molecule has 4 rings (SSSR count). The number of hydrogen-bond donors (Lipinski definition) is 3. The number of carbonyl (C=O) groups is 1. The Labute approximate surface area is 191 Å². The Balaban J connectivity index is 1.43. The lowest BCUT2D eigenvalue weighted by Gasteiger charge is -2.19. The van der Waals surface area contributed by atoms with Crippen LogP contribution in [0.1, 0.15) is 36.7 Å². The van der Waals surface area contributed by atoms with Crippen LogP contribution in [0, 0.1) is 0 Å². The van der Waals surface area contributed by atoms with Crippen LogP contribution in [0.2, 0.25) is 0 Å². The number of thiocarbonyl (C=S) groups is 1. The molecule has 1 heterocycles. The molecule has 0 fully saturated rings. The molecule has 6 nitrogen and oxygen atoms in total. The summed E-state index contributed by atoms with van der Waals surface area (Å²) in [4.78, 5) is 16.9. The molecule has 0 saturated carbocycles. The second-order valence-corrected chi connectivity index (χ2v) is 8.86. The van der Waals surface area contributed by atoms with Gasteiger partial charge in [0, 0.05) is 17.3 Å². The monoisotopic (exact) mass is 445 g/mol. The summed E-state index contributed by atoms with van der Waals surface area (Å²) in [5.74, 6) is -0.00596. The first-order valence-electron chi connectivity index (χ1n) is 10.1. The number of phenolic OH excluding ortho intramolecular Hbond substituents is 1. The maximum Gasteiger partial charge on any atom is 0.257 e. The second-order valence-electron chi connectivity index (χ2n) is 8.45. The van der Waals surface area contributed by atoms with E-state index in [0.29, 0.717) is 33.8 Å². The summed E-state index contributed by atoms with van der Waals surface area (Å²) < 4.78 is 5.71. The zero-order valence-electron chi connectivity index (χ0n) is 18.0. The number of aromatic hydroxyl groups is 1. The van der Waals surface area contributed by atoms with Crippen LogP contribution in [0.5, 0.6) is 5.75 Å². The lowest BCUT2D eigenvalue weighted by Crippen LogP contribution is -2.34. The first kappa shape index (κ1) is 21.5. The zero-order valence-corrected chi connectivity index (χ0v) is 18.8. The van der Waals surface area contributed by atoms with E-state index < -0.39 is 0 Å². The number of fused-ring (bicyclic) bond motifs is 1. The van der Waals surface area contributed by atoms with E-state index in [2.05, 4.69) is 36.4 Å². The molecule has 7 heteroatoms. The lowest BCUT2D eigenvalue weighted by atomic mass is 9.87. The van der Waals surface area contributed by atoms with Crippen LogP contribution in [0.4, 0.5) is 5.69 Å². The summed E-state index contributed by atoms with van der Waals surface area (Å²) in [7, 11) is 0. The first-order chi connectivity index (χ1) is 15.2. The molecule has 3 aromatic carbocycles. The number of carbonyl (C=O) groups excluding carboxylic acids is 1. The van der Waals surface area contributed by atoms with Crippen LogP contribution in [0.3, 0.4) is 0 Å². The minimum Gasteiger partial charge on any atom is -0.507 e. The largest absolute Gasteiger partial charge is 0.507 e. The van der Waals surface area contributed by atoms with Gasteiger partial charge in [0.25, 0.3) is 5.91 Å². The average molecular weight is 446 g/mol. The molecular weight excluding hydrogens is 422 g/mol. The summed E-state index contributed by atoms with van der Waals surface area (Å²) in [6.45, 7) is 6.35. The predicted molar refractivity (Wildman–Crippen MR) is 130 cm³/mol. The molecule has 4 aromatic rings. The Morgan fingerprint density at radius 3 is 2.41 bits per heavy atom. The van der Waals surface area contributed by atoms with Gasteiger partial charge in [-0.05, 0) is 59.6 Å². The van der Waals surface area contributed by atoms with Crippen molar-refractivity contribution < 1.29 is 14.3 Å². The van der Waals surface area contributed by atoms with Gasteiger partial charge >= 0.3 is 0 Å². The van der Waals surface area contributed by atoms with E-state index in [1.807, 2.05) is 36.4 Å². The van der Waals surface area contributed by atoms with Crippen LogP contribution in [0.25, 0.3) is 22.6 Å². The van der Waals surface area contributed by atoms with E-state index in [9.17, 15) is 9.90 Å². The fourth-order valence-corrected chi connectivity index (χ4v) is 3.45. The number of nitrogens with zero attached hydrogens (tertiary/aromatic N) is 1. The van der Waals surface area contributed by atoms with Crippen molar-refractivity contribution in [3.63, 3.8) is 0 Å². The molecule has 32 heavy (non-hydrogen) atoms. The van der Waals surface area contributed by atoms with E-state index in [-0.39, 0.29) is 22.2 Å². The number of amides is 1. The van der Waals surface area contributed by atoms with Crippen LogP contribution in [-0.4, -0.2) is 21.1 Å². The highest BCUT2D eigenvalue weighted by Crippen LogP contribution is 2.33. The van der Waals surface area contributed by atoms with Gasteiger partial charge in [-0.3, -0.25) is 10.1 Å². The molecule has 0 spiro atoms. The molecule has 1 amide bonds. The van der Waals surface area contributed by atoms with Crippen molar-refractivity contribution in [1.82, 2.24) is 10.3 Å². The third-order valence-corrected chi connectivity index (χ3v) is 5.22. The van der Waals surface area contributed by atoms with E-state index in [4.69, 9.17) is 16.6 Å². The smallest absolute Gasteiger partial charge is 0.257 e. The van der Waals surface area contributed by atoms with Crippen molar-refractivity contribution in [3.05, 3.63) is 77.9 Å². The normalized spacial score (nSPS) is 11.3. The maximum absolute atomic E-state index is 12.5. The average Bonchev–Trinajstić information content (AvgIpc) is 3.17. The van der Waals surface area contributed by atoms with Gasteiger partial charge in [0.05, 0.1) is 5.56 Å². The quantitative estimate of drug-likeness (QED) is 0.355. The molecule has 0 aliphatic heterocycles. The fourth-order valence-electron chi connectivity index (χ4n) is 3.24. The number of hydrogen-bond acceptors (Lipinski definition) is 5. The number of rotatable bonds is 3. The summed E-state index contributed by atoms with van der Waals surface area (Å²) in [6.07, 6.45) is 0. The van der Waals surface area contributed by atoms with Crippen molar-refractivity contribution in [3.8, 4) is 17.2 Å². The topological polar surface area (TPSA) is 87.4 Å². The second kappa shape index (κ2) is 8.43. The van der Waals surface area contributed by atoms with Gasteiger partial charge in [0.2, 0.25) is 5.89 Å². The van der Waals surface area contributed by atoms with Gasteiger partial charge in [0.1, 0.15) is 11.3 Å². The van der Waals surface area contributed by atoms with Gasteiger partial charge in [-0.15, -0.1) is 0 Å². The van der Waals surface area contributed by atoms with Crippen molar-refractivity contribution >= 4 is 40.0 Å². The maximum atomic E-state index is 12.5. The number of nitrogens with one attached hydrogen (secondary N) is 2. The third-order valence-electron chi connectivity index (χ3n) is 5.02. The van der Waals surface area contributed by atoms with Crippen molar-refractivity contribution in [2.24, 2.45) is 0 Å². The number of aromatic nitrogens is 1. The molecule has 162 valence electrons. The number of benzene rings is 3. The summed E-state index contributed by atoms with van der Waals surface area (Å²) in [5.41, 5.74) is 4.00. The number of phenols is 1. The molecule has 0 aliphatic rings. The Bertz CT molecular complexity index is 1270. The minimum atomic E-state index is -0.310. The molecule has 0 aliphatic carbocycles. The van der Waals surface area contributed by atoms with Crippen LogP contribution in [-0.2, 0) is 5.41 Å². The zero-order chi connectivity index (χ0) is 22.9. The highest BCUT2D eigenvalue weighted by Gasteiger charge is 2.16. The van der Waals surface area contributed by atoms with E-state index in [0.717, 1.165) is 5.56 Å². The van der Waals surface area contributed by atoms with Gasteiger partial charge in [-0.1, -0.05) is 45.0 Å². The summed E-state index contributed by atoms with van der Waals surface area (Å²) in [6, 6.07) is 19.7. The number of para-hydroxylation sites is 2. The van der Waals surface area contributed by atoms with Gasteiger partial charge in [-0.25, -0.2) is 4.98 Å². The van der Waals surface area contributed by atoms with Gasteiger partial charge < -0.3 is 14.8 Å².